The number of benzene rings is 1. The number of nitrogens with zero attached hydrogens (tertiary/aromatic N) is 2. The van der Waals surface area contributed by atoms with Crippen LogP contribution in [-0.2, 0) is 0 Å². The van der Waals surface area contributed by atoms with E-state index in [1.165, 1.54) is 12.1 Å². The van der Waals surface area contributed by atoms with Crippen LogP contribution in [0.5, 0.6) is 0 Å². The smallest absolute Gasteiger partial charge is 0.250 e. The van der Waals surface area contributed by atoms with Crippen molar-refractivity contribution in [1.29, 1.82) is 0 Å². The summed E-state index contributed by atoms with van der Waals surface area (Å²) in [6.07, 6.45) is 4.98. The molecule has 22 heavy (non-hydrogen) atoms. The van der Waals surface area contributed by atoms with Crippen LogP contribution in [0, 0.1) is 5.82 Å². The summed E-state index contributed by atoms with van der Waals surface area (Å²) >= 11 is 0. The Balaban J connectivity index is 0.00000176. The lowest BCUT2D eigenvalue weighted by Crippen LogP contribution is -2.09. The van der Waals surface area contributed by atoms with E-state index in [0.29, 0.717) is 5.56 Å². The molecule has 1 aromatic carbocycles. The molecular weight excluding hydrogens is 305 g/mol. The molecule has 0 unspecified atom stereocenters. The number of hydrogen-bond donors (Lipinski definition) is 1. The Morgan fingerprint density at radius 3 is 2.32 bits per heavy atom. The Morgan fingerprint density at radius 1 is 1.09 bits per heavy atom. The standard InChI is InChI=1S/C16H12FN3O.ClH/c17-13-1-3-14(4-2-13)20-10-12(16(18)21)9-15(20)11-5-7-19-8-6-11;/h1-10H,(H2,18,21);1H. The average Bonchev–Trinajstić information content (AvgIpc) is 2.94. The third kappa shape index (κ3) is 2.99. The number of pyridine rings is 1. The maximum atomic E-state index is 13.1. The second-order valence-electron chi connectivity index (χ2n) is 4.56. The Morgan fingerprint density at radius 2 is 1.73 bits per heavy atom. The van der Waals surface area contributed by atoms with Crippen LogP contribution < -0.4 is 5.73 Å². The van der Waals surface area contributed by atoms with Gasteiger partial charge in [0, 0.05) is 29.8 Å². The first kappa shape index (κ1) is 15.7. The van der Waals surface area contributed by atoms with E-state index < -0.39 is 5.91 Å². The summed E-state index contributed by atoms with van der Waals surface area (Å²) < 4.78 is 14.9. The van der Waals surface area contributed by atoms with Crippen molar-refractivity contribution in [3.8, 4) is 16.9 Å². The molecule has 0 fully saturated rings. The van der Waals surface area contributed by atoms with Crippen molar-refractivity contribution in [2.45, 2.75) is 0 Å². The minimum atomic E-state index is -0.508. The van der Waals surface area contributed by atoms with Gasteiger partial charge in [0.25, 0.3) is 0 Å². The van der Waals surface area contributed by atoms with E-state index in [9.17, 15) is 9.18 Å². The second-order valence-corrected chi connectivity index (χ2v) is 4.56. The van der Waals surface area contributed by atoms with Gasteiger partial charge < -0.3 is 10.3 Å². The van der Waals surface area contributed by atoms with Crippen LogP contribution in [0.3, 0.4) is 0 Å². The normalized spacial score (nSPS) is 10.0. The van der Waals surface area contributed by atoms with Gasteiger partial charge in [-0.3, -0.25) is 9.78 Å². The molecule has 112 valence electrons. The second kappa shape index (κ2) is 6.41. The van der Waals surface area contributed by atoms with E-state index in [0.717, 1.165) is 16.9 Å². The highest BCUT2D eigenvalue weighted by Gasteiger charge is 2.12. The summed E-state index contributed by atoms with van der Waals surface area (Å²) in [5.41, 5.74) is 8.17. The number of primary amides is 1. The zero-order valence-electron chi connectivity index (χ0n) is 11.4. The quantitative estimate of drug-likeness (QED) is 0.806. The highest BCUT2D eigenvalue weighted by molar-refractivity contribution is 5.94. The average molecular weight is 318 g/mol. The zero-order chi connectivity index (χ0) is 14.8. The minimum absolute atomic E-state index is 0. The largest absolute Gasteiger partial charge is 0.366 e. The molecule has 0 aliphatic heterocycles. The first-order valence-electron chi connectivity index (χ1n) is 6.34. The maximum Gasteiger partial charge on any atom is 0.250 e. The number of rotatable bonds is 3. The molecule has 3 rings (SSSR count). The molecule has 0 saturated carbocycles. The van der Waals surface area contributed by atoms with E-state index in [-0.39, 0.29) is 18.2 Å². The monoisotopic (exact) mass is 317 g/mol. The highest BCUT2D eigenvalue weighted by atomic mass is 35.5. The summed E-state index contributed by atoms with van der Waals surface area (Å²) in [6.45, 7) is 0. The predicted molar refractivity (Wildman–Crippen MR) is 84.7 cm³/mol. The molecule has 2 N–H and O–H groups in total. The fourth-order valence-corrected chi connectivity index (χ4v) is 2.16. The molecule has 4 nitrogen and oxygen atoms in total. The maximum absolute atomic E-state index is 13.1. The van der Waals surface area contributed by atoms with Gasteiger partial charge in [-0.2, -0.15) is 0 Å². The molecule has 0 saturated heterocycles. The number of nitrogens with two attached hydrogens (primary N) is 1. The van der Waals surface area contributed by atoms with Crippen molar-refractivity contribution in [2.75, 3.05) is 0 Å². The molecule has 0 aliphatic rings. The SMILES string of the molecule is Cl.NC(=O)c1cc(-c2ccncc2)n(-c2ccc(F)cc2)c1. The van der Waals surface area contributed by atoms with Gasteiger partial charge in [0.2, 0.25) is 5.91 Å². The predicted octanol–water partition coefficient (Wildman–Crippen LogP) is 3.20. The van der Waals surface area contributed by atoms with Crippen LogP contribution in [0.1, 0.15) is 10.4 Å². The van der Waals surface area contributed by atoms with Gasteiger partial charge >= 0.3 is 0 Å². The highest BCUT2D eigenvalue weighted by Crippen LogP contribution is 2.25. The molecule has 0 radical (unpaired) electrons. The van der Waals surface area contributed by atoms with Gasteiger partial charge in [-0.15, -0.1) is 12.4 Å². The molecule has 6 heteroatoms. The third-order valence-electron chi connectivity index (χ3n) is 3.19. The topological polar surface area (TPSA) is 60.9 Å². The van der Waals surface area contributed by atoms with Gasteiger partial charge in [-0.05, 0) is 42.5 Å². The summed E-state index contributed by atoms with van der Waals surface area (Å²) in [6, 6.07) is 11.4. The third-order valence-corrected chi connectivity index (χ3v) is 3.19. The first-order valence-corrected chi connectivity index (χ1v) is 6.34. The summed E-state index contributed by atoms with van der Waals surface area (Å²) in [4.78, 5) is 15.4. The van der Waals surface area contributed by atoms with E-state index in [4.69, 9.17) is 5.73 Å². The zero-order valence-corrected chi connectivity index (χ0v) is 12.3. The number of amides is 1. The number of halogens is 2. The van der Waals surface area contributed by atoms with Gasteiger partial charge in [0.05, 0.1) is 11.3 Å². The van der Waals surface area contributed by atoms with E-state index in [1.54, 1.807) is 41.4 Å². The van der Waals surface area contributed by atoms with Crippen molar-refractivity contribution in [3.05, 3.63) is 72.4 Å². The van der Waals surface area contributed by atoms with Crippen molar-refractivity contribution in [3.63, 3.8) is 0 Å². The Hall–Kier alpha value is -2.66. The van der Waals surface area contributed by atoms with E-state index in [1.807, 2.05) is 12.1 Å². The molecule has 0 atom stereocenters. The molecule has 0 spiro atoms. The lowest BCUT2D eigenvalue weighted by molar-refractivity contribution is 0.100. The van der Waals surface area contributed by atoms with Crippen molar-refractivity contribution in [2.24, 2.45) is 5.73 Å². The lowest BCUT2D eigenvalue weighted by Gasteiger charge is -2.09. The summed E-state index contributed by atoms with van der Waals surface area (Å²) in [5.74, 6) is -0.822. The van der Waals surface area contributed by atoms with Gasteiger partial charge in [0.15, 0.2) is 0 Å². The van der Waals surface area contributed by atoms with Crippen molar-refractivity contribution >= 4 is 18.3 Å². The Bertz CT molecular complexity index is 785. The molecule has 2 heterocycles. The number of hydrogen-bond acceptors (Lipinski definition) is 2. The first-order chi connectivity index (χ1) is 10.1. The van der Waals surface area contributed by atoms with Gasteiger partial charge in [-0.25, -0.2) is 4.39 Å². The van der Waals surface area contributed by atoms with Crippen LogP contribution in [0.25, 0.3) is 16.9 Å². The number of carbonyl (C=O) groups excluding carboxylic acids is 1. The van der Waals surface area contributed by atoms with E-state index in [2.05, 4.69) is 4.98 Å². The number of aromatic nitrogens is 2. The Kier molecular flexibility index (Phi) is 4.58. The summed E-state index contributed by atoms with van der Waals surface area (Å²) in [5, 5.41) is 0. The van der Waals surface area contributed by atoms with Crippen LogP contribution in [0.4, 0.5) is 4.39 Å². The molecule has 0 bridgehead atoms. The summed E-state index contributed by atoms with van der Waals surface area (Å²) in [7, 11) is 0. The van der Waals surface area contributed by atoms with Crippen LogP contribution in [0.2, 0.25) is 0 Å². The molecule has 2 aromatic heterocycles. The van der Waals surface area contributed by atoms with Crippen molar-refractivity contribution in [1.82, 2.24) is 9.55 Å². The fourth-order valence-electron chi connectivity index (χ4n) is 2.16. The minimum Gasteiger partial charge on any atom is -0.366 e. The number of carbonyl (C=O) groups is 1. The Labute approximate surface area is 132 Å². The van der Waals surface area contributed by atoms with Crippen LogP contribution >= 0.6 is 12.4 Å². The molecular formula is C16H13ClFN3O. The van der Waals surface area contributed by atoms with Crippen LogP contribution in [0.15, 0.2) is 61.1 Å². The van der Waals surface area contributed by atoms with E-state index >= 15 is 0 Å². The lowest BCUT2D eigenvalue weighted by atomic mass is 10.2. The van der Waals surface area contributed by atoms with Gasteiger partial charge in [0.1, 0.15) is 5.82 Å². The van der Waals surface area contributed by atoms with Crippen LogP contribution in [-0.4, -0.2) is 15.5 Å². The van der Waals surface area contributed by atoms with Gasteiger partial charge in [-0.1, -0.05) is 0 Å². The molecule has 0 aliphatic carbocycles. The molecule has 3 aromatic rings. The fraction of sp³-hybridized carbons (Fsp3) is 0. The van der Waals surface area contributed by atoms with Crippen molar-refractivity contribution < 1.29 is 9.18 Å². The molecule has 1 amide bonds.